The van der Waals surface area contributed by atoms with Crippen LogP contribution < -0.4 is 0 Å². The average molecular weight is 220 g/mol. The normalized spacial score (nSPS) is 9.25. The lowest BCUT2D eigenvalue weighted by atomic mass is 10.1. The Morgan fingerprint density at radius 1 is 1.62 bits per heavy atom. The lowest BCUT2D eigenvalue weighted by molar-refractivity contribution is -0.385. The summed E-state index contributed by atoms with van der Waals surface area (Å²) in [7, 11) is 0. The van der Waals surface area contributed by atoms with E-state index >= 15 is 0 Å². The lowest BCUT2D eigenvalue weighted by Gasteiger charge is -2.04. The van der Waals surface area contributed by atoms with E-state index in [0.717, 1.165) is 6.07 Å². The first-order chi connectivity index (χ1) is 7.61. The van der Waals surface area contributed by atoms with E-state index in [9.17, 15) is 14.9 Å². The van der Waals surface area contributed by atoms with E-state index in [1.54, 1.807) is 13.0 Å². The van der Waals surface area contributed by atoms with Gasteiger partial charge in [-0.05, 0) is 13.0 Å². The fourth-order valence-corrected chi connectivity index (χ4v) is 1.20. The summed E-state index contributed by atoms with van der Waals surface area (Å²) in [5, 5.41) is 19.4. The molecule has 0 radical (unpaired) electrons. The number of hydrogen-bond donors (Lipinski definition) is 0. The van der Waals surface area contributed by atoms with Crippen molar-refractivity contribution in [2.45, 2.75) is 6.92 Å². The number of nitro benzene ring substituents is 1. The number of nitrogens with zero attached hydrogens (tertiary/aromatic N) is 2. The summed E-state index contributed by atoms with van der Waals surface area (Å²) < 4.78 is 4.67. The van der Waals surface area contributed by atoms with Crippen molar-refractivity contribution in [2.24, 2.45) is 0 Å². The van der Waals surface area contributed by atoms with Gasteiger partial charge in [-0.25, -0.2) is 4.79 Å². The molecule has 0 aromatic heterocycles. The number of nitro groups is 1. The number of carbonyl (C=O) groups is 1. The van der Waals surface area contributed by atoms with Crippen molar-refractivity contribution in [1.82, 2.24) is 0 Å². The minimum Gasteiger partial charge on any atom is -0.462 e. The first-order valence-corrected chi connectivity index (χ1v) is 4.46. The highest BCUT2D eigenvalue weighted by atomic mass is 16.6. The van der Waals surface area contributed by atoms with Gasteiger partial charge in [0.05, 0.1) is 17.1 Å². The largest absolute Gasteiger partial charge is 0.462 e. The molecule has 0 saturated carbocycles. The number of carbonyl (C=O) groups excluding carboxylic acids is 1. The van der Waals surface area contributed by atoms with Crippen LogP contribution in [0, 0.1) is 21.4 Å². The second-order valence-electron chi connectivity index (χ2n) is 2.79. The molecule has 6 heteroatoms. The molecule has 0 fully saturated rings. The third-order valence-electron chi connectivity index (χ3n) is 1.84. The van der Waals surface area contributed by atoms with E-state index in [-0.39, 0.29) is 17.7 Å². The molecule has 0 aliphatic rings. The average Bonchev–Trinajstić information content (AvgIpc) is 2.28. The molecule has 82 valence electrons. The molecule has 0 unspecified atom stereocenters. The predicted octanol–water partition coefficient (Wildman–Crippen LogP) is 1.64. The van der Waals surface area contributed by atoms with Crippen LogP contribution in [-0.2, 0) is 4.74 Å². The molecule has 0 N–H and O–H groups in total. The van der Waals surface area contributed by atoms with Gasteiger partial charge in [-0.2, -0.15) is 5.26 Å². The van der Waals surface area contributed by atoms with Crippen molar-refractivity contribution in [3.05, 3.63) is 39.4 Å². The van der Waals surface area contributed by atoms with Crippen molar-refractivity contribution in [1.29, 1.82) is 5.26 Å². The minimum atomic E-state index is -0.855. The van der Waals surface area contributed by atoms with E-state index in [1.807, 2.05) is 0 Å². The number of hydrogen-bond acceptors (Lipinski definition) is 5. The van der Waals surface area contributed by atoms with Gasteiger partial charge >= 0.3 is 5.97 Å². The quantitative estimate of drug-likeness (QED) is 0.438. The van der Waals surface area contributed by atoms with E-state index < -0.39 is 16.6 Å². The summed E-state index contributed by atoms with van der Waals surface area (Å²) in [6.45, 7) is 1.68. The maximum Gasteiger partial charge on any atom is 0.346 e. The molecular weight excluding hydrogens is 212 g/mol. The monoisotopic (exact) mass is 220 g/mol. The molecule has 0 spiro atoms. The highest BCUT2D eigenvalue weighted by molar-refractivity contribution is 5.96. The number of rotatable bonds is 3. The Balaban J connectivity index is 3.37. The maximum absolute atomic E-state index is 11.5. The van der Waals surface area contributed by atoms with Crippen LogP contribution in [0.25, 0.3) is 0 Å². The van der Waals surface area contributed by atoms with E-state index in [2.05, 4.69) is 4.74 Å². The fraction of sp³-hybridized carbons (Fsp3) is 0.200. The Labute approximate surface area is 91.2 Å². The molecule has 1 aromatic carbocycles. The standard InChI is InChI=1S/C10H8N2O4/c1-2-16-10(13)9-7(6-11)4-3-5-8(9)12(14)15/h3-5H,2H2,1H3. The molecule has 1 rings (SSSR count). The summed E-state index contributed by atoms with van der Waals surface area (Å²) in [6.07, 6.45) is 0. The molecule has 16 heavy (non-hydrogen) atoms. The summed E-state index contributed by atoms with van der Waals surface area (Å²) in [5.74, 6) is -0.855. The van der Waals surface area contributed by atoms with E-state index in [4.69, 9.17) is 5.26 Å². The molecule has 0 amide bonds. The number of ether oxygens (including phenoxy) is 1. The Kier molecular flexibility index (Phi) is 3.56. The summed E-state index contributed by atoms with van der Waals surface area (Å²) in [4.78, 5) is 21.4. The molecule has 0 bridgehead atoms. The van der Waals surface area contributed by atoms with Crippen LogP contribution in [0.15, 0.2) is 18.2 Å². The zero-order valence-electron chi connectivity index (χ0n) is 8.47. The Hall–Kier alpha value is -2.42. The van der Waals surface area contributed by atoms with Gasteiger partial charge in [0.1, 0.15) is 6.07 Å². The van der Waals surface area contributed by atoms with Gasteiger partial charge in [-0.1, -0.05) is 6.07 Å². The topological polar surface area (TPSA) is 93.2 Å². The first kappa shape index (κ1) is 11.7. The molecule has 0 atom stereocenters. The molecule has 0 aliphatic carbocycles. The number of esters is 1. The Morgan fingerprint density at radius 3 is 2.81 bits per heavy atom. The number of nitriles is 1. The second-order valence-corrected chi connectivity index (χ2v) is 2.79. The van der Waals surface area contributed by atoms with Crippen LogP contribution in [0.4, 0.5) is 5.69 Å². The second kappa shape index (κ2) is 4.89. The first-order valence-electron chi connectivity index (χ1n) is 4.46. The summed E-state index contributed by atoms with van der Waals surface area (Å²) >= 11 is 0. The zero-order valence-corrected chi connectivity index (χ0v) is 8.47. The van der Waals surface area contributed by atoms with Crippen LogP contribution in [-0.4, -0.2) is 17.5 Å². The predicted molar refractivity (Wildman–Crippen MR) is 53.8 cm³/mol. The SMILES string of the molecule is CCOC(=O)c1c(C#N)cccc1[N+](=O)[O-]. The molecule has 1 aromatic rings. The maximum atomic E-state index is 11.5. The van der Waals surface area contributed by atoms with Crippen LogP contribution >= 0.6 is 0 Å². The van der Waals surface area contributed by atoms with Crippen molar-refractivity contribution in [2.75, 3.05) is 6.61 Å². The van der Waals surface area contributed by atoms with Crippen molar-refractivity contribution >= 4 is 11.7 Å². The Morgan fingerprint density at radius 2 is 2.31 bits per heavy atom. The molecular formula is C10H8N2O4. The lowest BCUT2D eigenvalue weighted by Crippen LogP contribution is -2.10. The van der Waals surface area contributed by atoms with Gasteiger partial charge in [-0.15, -0.1) is 0 Å². The van der Waals surface area contributed by atoms with Gasteiger partial charge in [-0.3, -0.25) is 10.1 Å². The number of benzene rings is 1. The smallest absolute Gasteiger partial charge is 0.346 e. The van der Waals surface area contributed by atoms with Crippen molar-refractivity contribution < 1.29 is 14.5 Å². The summed E-state index contributed by atoms with van der Waals surface area (Å²) in [6, 6.07) is 5.56. The van der Waals surface area contributed by atoms with Gasteiger partial charge in [0.15, 0.2) is 5.56 Å². The molecule has 6 nitrogen and oxygen atoms in total. The van der Waals surface area contributed by atoms with Gasteiger partial charge in [0.2, 0.25) is 0 Å². The van der Waals surface area contributed by atoms with Crippen molar-refractivity contribution in [3.8, 4) is 6.07 Å². The van der Waals surface area contributed by atoms with Gasteiger partial charge < -0.3 is 4.74 Å². The van der Waals surface area contributed by atoms with Crippen molar-refractivity contribution in [3.63, 3.8) is 0 Å². The van der Waals surface area contributed by atoms with Crippen LogP contribution in [0.5, 0.6) is 0 Å². The van der Waals surface area contributed by atoms with Gasteiger partial charge in [0.25, 0.3) is 5.69 Å². The van der Waals surface area contributed by atoms with Gasteiger partial charge in [0, 0.05) is 6.07 Å². The van der Waals surface area contributed by atoms with Crippen LogP contribution in [0.1, 0.15) is 22.8 Å². The summed E-state index contributed by atoms with van der Waals surface area (Å²) in [5.41, 5.74) is -0.776. The van der Waals surface area contributed by atoms with Crippen LogP contribution in [0.2, 0.25) is 0 Å². The highest BCUT2D eigenvalue weighted by Crippen LogP contribution is 2.22. The van der Waals surface area contributed by atoms with Crippen LogP contribution in [0.3, 0.4) is 0 Å². The Bertz CT molecular complexity index is 476. The molecule has 0 heterocycles. The highest BCUT2D eigenvalue weighted by Gasteiger charge is 2.24. The third kappa shape index (κ3) is 2.15. The molecule has 0 saturated heterocycles. The van der Waals surface area contributed by atoms with E-state index in [1.165, 1.54) is 12.1 Å². The minimum absolute atomic E-state index is 0.0624. The zero-order chi connectivity index (χ0) is 12.1. The van der Waals surface area contributed by atoms with E-state index in [0.29, 0.717) is 0 Å². The molecule has 0 aliphatic heterocycles. The fourth-order valence-electron chi connectivity index (χ4n) is 1.20. The third-order valence-corrected chi connectivity index (χ3v) is 1.84.